The van der Waals surface area contributed by atoms with Crippen LogP contribution in [0.4, 0.5) is 20.7 Å². The Morgan fingerprint density at radius 1 is 1.21 bits per heavy atom. The maximum Gasteiger partial charge on any atom is 0.328 e. The van der Waals surface area contributed by atoms with E-state index in [9.17, 15) is 23.9 Å². The first-order chi connectivity index (χ1) is 18.4. The van der Waals surface area contributed by atoms with Crippen molar-refractivity contribution >= 4 is 35.3 Å². The number of carbonyl (C=O) groups excluding carboxylic acids is 3. The van der Waals surface area contributed by atoms with E-state index < -0.39 is 43.0 Å². The zero-order valence-electron chi connectivity index (χ0n) is 20.4. The highest BCUT2D eigenvalue weighted by molar-refractivity contribution is 6.04. The van der Waals surface area contributed by atoms with Gasteiger partial charge in [0, 0.05) is 13.1 Å². The molecule has 0 bridgehead atoms. The second-order valence-corrected chi connectivity index (χ2v) is 9.00. The van der Waals surface area contributed by atoms with Gasteiger partial charge in [0.2, 0.25) is 11.9 Å². The number of alkyl halides is 1. The SMILES string of the molecule is CN(C(=O)Cc1ncncn1)c1ccc(NNC2=NC3C(N2)C(=O)N(C2CC(O)C2)C(=O)N3CCF)cn1. The molecule has 2 aliphatic heterocycles. The van der Waals surface area contributed by atoms with Crippen molar-refractivity contribution in [3.05, 3.63) is 36.8 Å². The van der Waals surface area contributed by atoms with Gasteiger partial charge in [0.05, 0.1) is 31.0 Å². The Kier molecular flexibility index (Phi) is 6.95. The van der Waals surface area contributed by atoms with Gasteiger partial charge in [0.1, 0.15) is 37.0 Å². The normalized spacial score (nSPS) is 24.2. The monoisotopic (exact) mass is 527 g/mol. The summed E-state index contributed by atoms with van der Waals surface area (Å²) in [6.07, 6.45) is 3.27. The smallest absolute Gasteiger partial charge is 0.328 e. The van der Waals surface area contributed by atoms with E-state index in [1.165, 1.54) is 28.7 Å². The van der Waals surface area contributed by atoms with Gasteiger partial charge in [0.15, 0.2) is 6.17 Å². The molecule has 5 rings (SSSR count). The number of rotatable bonds is 8. The van der Waals surface area contributed by atoms with E-state index in [1.807, 2.05) is 0 Å². The number of urea groups is 1. The molecule has 4 amide bonds. The summed E-state index contributed by atoms with van der Waals surface area (Å²) < 4.78 is 13.2. The van der Waals surface area contributed by atoms with Crippen LogP contribution in [0.25, 0.3) is 0 Å². The number of imide groups is 1. The van der Waals surface area contributed by atoms with Gasteiger partial charge in [-0.05, 0) is 25.0 Å². The molecule has 2 atom stereocenters. The van der Waals surface area contributed by atoms with E-state index in [0.29, 0.717) is 30.2 Å². The third-order valence-corrected chi connectivity index (χ3v) is 6.55. The minimum absolute atomic E-state index is 0.00448. The molecule has 0 radical (unpaired) electrons. The zero-order chi connectivity index (χ0) is 26.8. The first kappa shape index (κ1) is 25.2. The number of pyridine rings is 1. The molecule has 2 aromatic heterocycles. The Hall–Kier alpha value is -4.47. The number of nitrogens with zero attached hydrogens (tertiary/aromatic N) is 8. The number of aliphatic imine (C=N–C) groups is 1. The second-order valence-electron chi connectivity index (χ2n) is 9.00. The molecule has 38 heavy (non-hydrogen) atoms. The molecule has 1 saturated carbocycles. The molecule has 2 unspecified atom stereocenters. The van der Waals surface area contributed by atoms with Gasteiger partial charge in [-0.25, -0.2) is 34.1 Å². The molecular weight excluding hydrogens is 501 g/mol. The topological polar surface area (TPSA) is 181 Å². The molecular formula is C22H26FN11O4. The zero-order valence-corrected chi connectivity index (χ0v) is 20.4. The highest BCUT2D eigenvalue weighted by Gasteiger charge is 2.53. The number of fused-ring (bicyclic) bond motifs is 1. The van der Waals surface area contributed by atoms with Gasteiger partial charge in [-0.1, -0.05) is 0 Å². The van der Waals surface area contributed by atoms with Crippen molar-refractivity contribution in [2.75, 3.05) is 30.6 Å². The predicted octanol–water partition coefficient (Wildman–Crippen LogP) is -1.20. The van der Waals surface area contributed by atoms with Crippen LogP contribution in [0.2, 0.25) is 0 Å². The Morgan fingerprint density at radius 2 is 1.97 bits per heavy atom. The Labute approximate surface area is 216 Å². The van der Waals surface area contributed by atoms with Crippen molar-refractivity contribution in [3.63, 3.8) is 0 Å². The number of hydrogen-bond acceptors (Lipinski definition) is 12. The maximum atomic E-state index is 13.2. The van der Waals surface area contributed by atoms with E-state index in [0.717, 1.165) is 4.90 Å². The van der Waals surface area contributed by atoms with E-state index >= 15 is 0 Å². The number of hydrazine groups is 1. The number of hydrogen-bond donors (Lipinski definition) is 4. The summed E-state index contributed by atoms with van der Waals surface area (Å²) >= 11 is 0. The maximum absolute atomic E-state index is 13.2. The number of guanidine groups is 1. The molecule has 3 aliphatic rings. The standard InChI is InChI=1S/C22H26FN11O4/c1-32(17(36)8-15-26-10-24-11-27-15)16-3-2-12(9-25-16)30-31-21-28-18-19(29-21)33(5-4-23)22(38)34(20(18)37)13-6-14(35)7-13/h2-3,9-11,13-14,18-19,30,35H,4-8H2,1H3,(H2,28,29,31). The molecule has 4 heterocycles. The lowest BCUT2D eigenvalue weighted by Crippen LogP contribution is -2.69. The van der Waals surface area contributed by atoms with Crippen LogP contribution in [0, 0.1) is 0 Å². The predicted molar refractivity (Wildman–Crippen MR) is 130 cm³/mol. The van der Waals surface area contributed by atoms with Crippen LogP contribution in [0.15, 0.2) is 36.0 Å². The Balaban J connectivity index is 1.20. The van der Waals surface area contributed by atoms with Crippen molar-refractivity contribution in [3.8, 4) is 0 Å². The number of amides is 4. The number of anilines is 2. The summed E-state index contributed by atoms with van der Waals surface area (Å²) in [6, 6.07) is 1.40. The van der Waals surface area contributed by atoms with E-state index in [2.05, 4.69) is 41.1 Å². The quantitative estimate of drug-likeness (QED) is 0.303. The van der Waals surface area contributed by atoms with Crippen molar-refractivity contribution in [1.29, 1.82) is 0 Å². The number of nitrogens with one attached hydrogen (secondary N) is 3. The Morgan fingerprint density at radius 3 is 2.63 bits per heavy atom. The first-order valence-corrected chi connectivity index (χ1v) is 11.9. The lowest BCUT2D eigenvalue weighted by Gasteiger charge is -2.46. The molecule has 2 fully saturated rings. The molecule has 0 aromatic carbocycles. The van der Waals surface area contributed by atoms with Crippen LogP contribution >= 0.6 is 0 Å². The van der Waals surface area contributed by atoms with Gasteiger partial charge in [-0.2, -0.15) is 0 Å². The summed E-state index contributed by atoms with van der Waals surface area (Å²) in [4.78, 5) is 62.5. The number of aliphatic hydroxyl groups is 1. The first-order valence-electron chi connectivity index (χ1n) is 11.9. The Bertz CT molecular complexity index is 1230. The fraction of sp³-hybridized carbons (Fsp3) is 0.455. The van der Waals surface area contributed by atoms with Gasteiger partial charge >= 0.3 is 6.03 Å². The van der Waals surface area contributed by atoms with Crippen LogP contribution in [0.5, 0.6) is 0 Å². The molecule has 15 nitrogen and oxygen atoms in total. The van der Waals surface area contributed by atoms with Crippen LogP contribution < -0.4 is 21.1 Å². The average Bonchev–Trinajstić information content (AvgIpc) is 3.34. The average molecular weight is 528 g/mol. The number of aromatic nitrogens is 4. The minimum Gasteiger partial charge on any atom is -0.393 e. The molecule has 2 aromatic rings. The molecule has 200 valence electrons. The number of aliphatic hydroxyl groups excluding tert-OH is 1. The molecule has 1 saturated heterocycles. The summed E-state index contributed by atoms with van der Waals surface area (Å²) in [5.74, 6) is 0.224. The van der Waals surface area contributed by atoms with Crippen molar-refractivity contribution < 1.29 is 23.9 Å². The van der Waals surface area contributed by atoms with Gasteiger partial charge in [-0.15, -0.1) is 0 Å². The largest absolute Gasteiger partial charge is 0.393 e. The fourth-order valence-electron chi connectivity index (χ4n) is 4.42. The molecule has 0 spiro atoms. The summed E-state index contributed by atoms with van der Waals surface area (Å²) in [6.45, 7) is -0.999. The van der Waals surface area contributed by atoms with Crippen molar-refractivity contribution in [2.45, 2.75) is 43.6 Å². The fourth-order valence-corrected chi connectivity index (χ4v) is 4.42. The van der Waals surface area contributed by atoms with Crippen LogP contribution in [-0.2, 0) is 16.0 Å². The minimum atomic E-state index is -0.902. The number of likely N-dealkylation sites (N-methyl/N-ethyl adjacent to an activating group) is 1. The van der Waals surface area contributed by atoms with Crippen molar-refractivity contribution in [2.24, 2.45) is 4.99 Å². The summed E-state index contributed by atoms with van der Waals surface area (Å²) in [5, 5.41) is 12.6. The second kappa shape index (κ2) is 10.5. The summed E-state index contributed by atoms with van der Waals surface area (Å²) in [5.41, 5.74) is 6.26. The highest BCUT2D eigenvalue weighted by Crippen LogP contribution is 2.32. The molecule has 16 heteroatoms. The van der Waals surface area contributed by atoms with Crippen LogP contribution in [-0.4, -0.2) is 103 Å². The van der Waals surface area contributed by atoms with Crippen LogP contribution in [0.3, 0.4) is 0 Å². The summed E-state index contributed by atoms with van der Waals surface area (Å²) in [7, 11) is 1.59. The van der Waals surface area contributed by atoms with Gasteiger partial charge < -0.3 is 10.4 Å². The molecule has 4 N–H and O–H groups in total. The lowest BCUT2D eigenvalue weighted by atomic mass is 9.87. The molecule has 1 aliphatic carbocycles. The van der Waals surface area contributed by atoms with E-state index in [1.54, 1.807) is 19.2 Å². The van der Waals surface area contributed by atoms with Gasteiger partial charge in [-0.3, -0.25) is 35.1 Å². The van der Waals surface area contributed by atoms with Crippen LogP contribution in [0.1, 0.15) is 18.7 Å². The van der Waals surface area contributed by atoms with E-state index in [-0.39, 0.29) is 24.8 Å². The highest BCUT2D eigenvalue weighted by atomic mass is 19.1. The van der Waals surface area contributed by atoms with E-state index in [4.69, 9.17) is 0 Å². The lowest BCUT2D eigenvalue weighted by molar-refractivity contribution is -0.140. The number of halogens is 1. The van der Waals surface area contributed by atoms with Gasteiger partial charge in [0.25, 0.3) is 5.91 Å². The third-order valence-electron chi connectivity index (χ3n) is 6.55. The third kappa shape index (κ3) is 4.89. The van der Waals surface area contributed by atoms with Crippen molar-refractivity contribution in [1.82, 2.24) is 40.5 Å². The number of carbonyl (C=O) groups is 3.